The fourth-order valence-electron chi connectivity index (χ4n) is 4.05. The monoisotopic (exact) mass is 415 g/mol. The van der Waals surface area contributed by atoms with Crippen molar-refractivity contribution in [3.8, 4) is 0 Å². The van der Waals surface area contributed by atoms with Crippen LogP contribution in [0.25, 0.3) is 0 Å². The molecule has 2 aromatic rings. The normalized spacial score (nSPS) is 16.4. The summed E-state index contributed by atoms with van der Waals surface area (Å²) in [6.07, 6.45) is 2.41. The van der Waals surface area contributed by atoms with Gasteiger partial charge in [-0.25, -0.2) is 9.78 Å². The summed E-state index contributed by atoms with van der Waals surface area (Å²) in [6, 6.07) is 9.47. The number of ether oxygens (including phenoxy) is 1. The molecule has 29 heavy (non-hydrogen) atoms. The maximum absolute atomic E-state index is 13.0. The Bertz CT molecular complexity index is 829. The third kappa shape index (κ3) is 4.51. The first-order chi connectivity index (χ1) is 14.0. The van der Waals surface area contributed by atoms with E-state index in [1.807, 2.05) is 49.7 Å². The second kappa shape index (κ2) is 9.50. The Balaban J connectivity index is 1.80. The number of carbonyl (C=O) groups is 2. The van der Waals surface area contributed by atoms with Crippen LogP contribution in [0.2, 0.25) is 0 Å². The number of esters is 1. The largest absolute Gasteiger partial charge is 0.467 e. The zero-order chi connectivity index (χ0) is 20.9. The quantitative estimate of drug-likeness (QED) is 0.648. The number of carbonyl (C=O) groups excluding carboxylic acids is 2. The van der Waals surface area contributed by atoms with Crippen molar-refractivity contribution >= 4 is 28.9 Å². The van der Waals surface area contributed by atoms with Crippen LogP contribution in [-0.2, 0) is 20.7 Å². The highest BCUT2D eigenvalue weighted by molar-refractivity contribution is 7.09. The maximum Gasteiger partial charge on any atom is 0.332 e. The van der Waals surface area contributed by atoms with Gasteiger partial charge >= 0.3 is 5.97 Å². The van der Waals surface area contributed by atoms with Gasteiger partial charge in [-0.15, -0.1) is 11.3 Å². The first-order valence-corrected chi connectivity index (χ1v) is 11.0. The second-order valence-electron chi connectivity index (χ2n) is 7.39. The molecular formula is C22H29N3O3S. The molecule has 1 aromatic carbocycles. The van der Waals surface area contributed by atoms with Gasteiger partial charge in [0.15, 0.2) is 0 Å². The van der Waals surface area contributed by atoms with Gasteiger partial charge in [-0.2, -0.15) is 0 Å². The van der Waals surface area contributed by atoms with Crippen LogP contribution in [0.15, 0.2) is 35.8 Å². The van der Waals surface area contributed by atoms with Crippen molar-refractivity contribution in [2.75, 3.05) is 31.6 Å². The summed E-state index contributed by atoms with van der Waals surface area (Å²) in [6.45, 7) is 6.28. The number of nitrogens with zero attached hydrogens (tertiary/aromatic N) is 3. The Kier molecular flexibility index (Phi) is 7.03. The van der Waals surface area contributed by atoms with Gasteiger partial charge in [-0.1, -0.05) is 25.1 Å². The fraction of sp³-hybridized carbons (Fsp3) is 0.500. The number of thiazole rings is 1. The number of piperidine rings is 1. The van der Waals surface area contributed by atoms with E-state index >= 15 is 0 Å². The minimum absolute atomic E-state index is 0.0599. The zero-order valence-corrected chi connectivity index (χ0v) is 18.2. The van der Waals surface area contributed by atoms with Gasteiger partial charge in [-0.3, -0.25) is 9.69 Å². The van der Waals surface area contributed by atoms with Crippen LogP contribution < -0.4 is 4.90 Å². The van der Waals surface area contributed by atoms with E-state index < -0.39 is 5.54 Å². The molecule has 0 radical (unpaired) electrons. The molecule has 6 nitrogen and oxygen atoms in total. The summed E-state index contributed by atoms with van der Waals surface area (Å²) in [5.74, 6) is -0.392. The molecule has 1 aliphatic rings. The van der Waals surface area contributed by atoms with Gasteiger partial charge < -0.3 is 9.64 Å². The highest BCUT2D eigenvalue weighted by Gasteiger charge is 2.49. The Hall–Kier alpha value is -2.25. The third-order valence-electron chi connectivity index (χ3n) is 5.74. The van der Waals surface area contributed by atoms with Crippen LogP contribution >= 0.6 is 11.3 Å². The van der Waals surface area contributed by atoms with Crippen molar-refractivity contribution in [3.05, 3.63) is 46.4 Å². The van der Waals surface area contributed by atoms with Crippen molar-refractivity contribution in [1.82, 2.24) is 9.88 Å². The van der Waals surface area contributed by atoms with Crippen LogP contribution in [0.4, 0.5) is 5.69 Å². The lowest BCUT2D eigenvalue weighted by atomic mass is 9.84. The van der Waals surface area contributed by atoms with Gasteiger partial charge in [0.05, 0.1) is 18.3 Å². The molecule has 0 N–H and O–H groups in total. The van der Waals surface area contributed by atoms with E-state index in [1.165, 1.54) is 12.0 Å². The predicted molar refractivity (Wildman–Crippen MR) is 115 cm³/mol. The first-order valence-electron chi connectivity index (χ1n) is 10.1. The van der Waals surface area contributed by atoms with Crippen LogP contribution in [0.3, 0.4) is 0 Å². The molecule has 1 aromatic heterocycles. The number of benzene rings is 1. The first kappa shape index (κ1) is 21.5. The smallest absolute Gasteiger partial charge is 0.332 e. The molecule has 0 atom stereocenters. The topological polar surface area (TPSA) is 62.7 Å². The second-order valence-corrected chi connectivity index (χ2v) is 8.33. The van der Waals surface area contributed by atoms with Crippen molar-refractivity contribution in [2.24, 2.45) is 0 Å². The van der Waals surface area contributed by atoms with Crippen LogP contribution in [-0.4, -0.2) is 54.0 Å². The van der Waals surface area contributed by atoms with Gasteiger partial charge in [0.1, 0.15) is 5.54 Å². The van der Waals surface area contributed by atoms with E-state index in [0.29, 0.717) is 19.3 Å². The zero-order valence-electron chi connectivity index (χ0n) is 17.4. The number of amides is 1. The molecule has 0 spiro atoms. The average Bonchev–Trinajstić information content (AvgIpc) is 3.18. The molecular weight excluding hydrogens is 386 g/mol. The lowest BCUT2D eigenvalue weighted by Gasteiger charge is -2.46. The molecule has 2 heterocycles. The Labute approximate surface area is 176 Å². The number of hydrogen-bond donors (Lipinski definition) is 0. The number of aromatic nitrogens is 1. The van der Waals surface area contributed by atoms with Crippen molar-refractivity contribution < 1.29 is 14.3 Å². The lowest BCUT2D eigenvalue weighted by molar-refractivity contribution is -0.151. The van der Waals surface area contributed by atoms with Gasteiger partial charge in [0.25, 0.3) is 0 Å². The van der Waals surface area contributed by atoms with E-state index in [1.54, 1.807) is 16.2 Å². The Morgan fingerprint density at radius 2 is 1.93 bits per heavy atom. The molecule has 0 unspecified atom stereocenters. The number of rotatable bonds is 7. The number of likely N-dealkylation sites (tertiary alicyclic amines) is 1. The summed E-state index contributed by atoms with van der Waals surface area (Å²) in [5, 5.41) is 0. The minimum atomic E-state index is -0.958. The molecule has 0 aliphatic carbocycles. The molecule has 7 heteroatoms. The number of para-hydroxylation sites is 1. The highest BCUT2D eigenvalue weighted by Crippen LogP contribution is 2.35. The van der Waals surface area contributed by atoms with Gasteiger partial charge in [-0.05, 0) is 38.3 Å². The van der Waals surface area contributed by atoms with Crippen LogP contribution in [0, 0.1) is 6.92 Å². The minimum Gasteiger partial charge on any atom is -0.467 e. The van der Waals surface area contributed by atoms with E-state index in [-0.39, 0.29) is 11.9 Å². The maximum atomic E-state index is 13.0. The Morgan fingerprint density at radius 1 is 1.24 bits per heavy atom. The number of hydrogen-bond acceptors (Lipinski definition) is 6. The van der Waals surface area contributed by atoms with Gasteiger partial charge in [0.2, 0.25) is 5.91 Å². The molecule has 0 bridgehead atoms. The summed E-state index contributed by atoms with van der Waals surface area (Å²) >= 11 is 1.69. The number of methoxy groups -OCH3 is 1. The van der Waals surface area contributed by atoms with Crippen molar-refractivity contribution in [3.63, 3.8) is 0 Å². The van der Waals surface area contributed by atoms with Crippen molar-refractivity contribution in [1.29, 1.82) is 0 Å². The van der Waals surface area contributed by atoms with Gasteiger partial charge in [0, 0.05) is 36.6 Å². The fourth-order valence-corrected chi connectivity index (χ4v) is 4.82. The van der Waals surface area contributed by atoms with E-state index in [4.69, 9.17) is 4.74 Å². The molecule has 3 rings (SSSR count). The van der Waals surface area contributed by atoms with Crippen molar-refractivity contribution in [2.45, 2.75) is 45.1 Å². The highest BCUT2D eigenvalue weighted by atomic mass is 32.1. The molecule has 1 aliphatic heterocycles. The SMILES string of the molecule is CCC(=O)N(c1ccccc1)C1(C(=O)OC)CCN(CCc2scnc2C)CC1. The van der Waals surface area contributed by atoms with Crippen LogP contribution in [0.5, 0.6) is 0 Å². The lowest BCUT2D eigenvalue weighted by Crippen LogP contribution is -2.62. The van der Waals surface area contributed by atoms with Crippen LogP contribution in [0.1, 0.15) is 36.8 Å². The summed E-state index contributed by atoms with van der Waals surface area (Å²) in [5.41, 5.74) is 2.77. The standard InChI is InChI=1S/C22H29N3O3S/c1-4-20(26)25(18-8-6-5-7-9-18)22(21(27)28-3)11-14-24(15-12-22)13-10-19-17(2)23-16-29-19/h5-9,16H,4,10-15H2,1-3H3. The van der Waals surface area contributed by atoms with E-state index in [9.17, 15) is 9.59 Å². The van der Waals surface area contributed by atoms with E-state index in [2.05, 4.69) is 9.88 Å². The average molecular weight is 416 g/mol. The molecule has 1 amide bonds. The summed E-state index contributed by atoms with van der Waals surface area (Å²) < 4.78 is 5.20. The molecule has 0 saturated carbocycles. The molecule has 156 valence electrons. The Morgan fingerprint density at radius 3 is 2.48 bits per heavy atom. The predicted octanol–water partition coefficient (Wildman–Crippen LogP) is 3.44. The summed E-state index contributed by atoms with van der Waals surface area (Å²) in [4.78, 5) is 35.6. The number of aryl methyl sites for hydroxylation is 1. The molecule has 1 saturated heterocycles. The van der Waals surface area contributed by atoms with E-state index in [0.717, 1.165) is 37.4 Å². The molecule has 1 fully saturated rings. The number of anilines is 1. The third-order valence-corrected chi connectivity index (χ3v) is 6.74. The summed E-state index contributed by atoms with van der Waals surface area (Å²) in [7, 11) is 1.41.